The number of methoxy groups -OCH3 is 1. The number of hydrogen-bond donors (Lipinski definition) is 2. The minimum atomic E-state index is -0.636. The second kappa shape index (κ2) is 9.37. The highest BCUT2D eigenvalue weighted by Gasteiger charge is 2.34. The first-order valence-electron chi connectivity index (χ1n) is 11.8. The van der Waals surface area contributed by atoms with Crippen molar-refractivity contribution in [2.24, 2.45) is 0 Å². The number of esters is 2. The third kappa shape index (κ3) is 3.80. The standard InChI is InChI=1S/C29H22O9/c1-34-19-5-2-15(3-6-19)28(32)38-27-21-9-18(12-31)17(11-30)8-20(21)25(26-22(27)13-35-29(26)33)16-4-7-23-24(10-16)37-14-36-23/h2-10,30-31H,11-14H2,1H3. The fourth-order valence-corrected chi connectivity index (χ4v) is 4.86. The van der Waals surface area contributed by atoms with E-state index in [0.717, 1.165) is 0 Å². The fraction of sp³-hybridized carbons (Fsp3) is 0.172. The van der Waals surface area contributed by atoms with E-state index in [2.05, 4.69) is 0 Å². The molecular weight excluding hydrogens is 492 g/mol. The number of benzene rings is 4. The lowest BCUT2D eigenvalue weighted by Gasteiger charge is -2.19. The summed E-state index contributed by atoms with van der Waals surface area (Å²) in [6.07, 6.45) is 0. The predicted octanol–water partition coefficient (Wildman–Crippen LogP) is 4.12. The first-order chi connectivity index (χ1) is 18.5. The first-order valence-corrected chi connectivity index (χ1v) is 11.8. The van der Waals surface area contributed by atoms with E-state index in [1.165, 1.54) is 7.11 Å². The highest BCUT2D eigenvalue weighted by atomic mass is 16.7. The van der Waals surface area contributed by atoms with Gasteiger partial charge < -0.3 is 33.9 Å². The zero-order valence-corrected chi connectivity index (χ0v) is 20.3. The molecule has 2 N–H and O–H groups in total. The van der Waals surface area contributed by atoms with Gasteiger partial charge in [-0.1, -0.05) is 6.07 Å². The van der Waals surface area contributed by atoms with Gasteiger partial charge in [-0.2, -0.15) is 0 Å². The average molecular weight is 514 g/mol. The van der Waals surface area contributed by atoms with Crippen molar-refractivity contribution in [2.75, 3.05) is 13.9 Å². The van der Waals surface area contributed by atoms with Crippen molar-refractivity contribution in [3.05, 3.63) is 82.4 Å². The molecule has 0 fully saturated rings. The third-order valence-corrected chi connectivity index (χ3v) is 6.75. The number of cyclic esters (lactones) is 1. The normalized spacial score (nSPS) is 13.4. The Hall–Kier alpha value is -4.60. The summed E-state index contributed by atoms with van der Waals surface area (Å²) in [5.74, 6) is 0.659. The van der Waals surface area contributed by atoms with Crippen molar-refractivity contribution in [2.45, 2.75) is 19.8 Å². The van der Waals surface area contributed by atoms with Crippen molar-refractivity contribution in [3.8, 4) is 34.1 Å². The van der Waals surface area contributed by atoms with Gasteiger partial charge in [0.15, 0.2) is 11.5 Å². The third-order valence-electron chi connectivity index (χ3n) is 6.75. The Morgan fingerprint density at radius 3 is 2.29 bits per heavy atom. The number of aliphatic hydroxyl groups excluding tert-OH is 2. The van der Waals surface area contributed by atoms with Gasteiger partial charge in [0, 0.05) is 16.5 Å². The Bertz CT molecular complexity index is 1610. The molecule has 38 heavy (non-hydrogen) atoms. The maximum Gasteiger partial charge on any atom is 0.343 e. The molecule has 0 amide bonds. The van der Waals surface area contributed by atoms with Gasteiger partial charge in [0.05, 0.1) is 31.5 Å². The topological polar surface area (TPSA) is 121 Å². The van der Waals surface area contributed by atoms with E-state index in [-0.39, 0.29) is 43.5 Å². The molecule has 0 saturated carbocycles. The molecule has 2 aliphatic heterocycles. The summed E-state index contributed by atoms with van der Waals surface area (Å²) in [5, 5.41) is 21.0. The van der Waals surface area contributed by atoms with Crippen LogP contribution >= 0.6 is 0 Å². The van der Waals surface area contributed by atoms with Crippen LogP contribution in [0, 0.1) is 0 Å². The molecule has 0 radical (unpaired) electrons. The Labute approximate surface area is 216 Å². The molecule has 2 aliphatic rings. The van der Waals surface area contributed by atoms with Crippen LogP contribution in [0.4, 0.5) is 0 Å². The number of aliphatic hydroxyl groups is 2. The van der Waals surface area contributed by atoms with Crippen LogP contribution in [0.3, 0.4) is 0 Å². The van der Waals surface area contributed by atoms with Crippen LogP contribution in [-0.4, -0.2) is 36.1 Å². The quantitative estimate of drug-likeness (QED) is 0.289. The maximum absolute atomic E-state index is 13.2. The van der Waals surface area contributed by atoms with E-state index in [1.54, 1.807) is 54.6 Å². The fourth-order valence-electron chi connectivity index (χ4n) is 4.86. The predicted molar refractivity (Wildman–Crippen MR) is 134 cm³/mol. The van der Waals surface area contributed by atoms with E-state index in [4.69, 9.17) is 23.7 Å². The molecule has 6 rings (SSSR count). The first kappa shape index (κ1) is 23.8. The summed E-state index contributed by atoms with van der Waals surface area (Å²) in [5.41, 5.74) is 3.09. The molecule has 9 heteroatoms. The Morgan fingerprint density at radius 2 is 1.58 bits per heavy atom. The highest BCUT2D eigenvalue weighted by Crippen LogP contribution is 2.47. The zero-order chi connectivity index (χ0) is 26.4. The number of ether oxygens (including phenoxy) is 5. The molecule has 0 unspecified atom stereocenters. The summed E-state index contributed by atoms with van der Waals surface area (Å²) in [7, 11) is 1.53. The molecule has 2 heterocycles. The SMILES string of the molecule is COc1ccc(C(=O)Oc2c3c(c(-c4ccc5c(c4)OCO5)c4cc(CO)c(CO)cc24)C(=O)OC3)cc1. The minimum absolute atomic E-state index is 0.0917. The number of carbonyl (C=O) groups excluding carboxylic acids is 2. The molecule has 0 aromatic heterocycles. The second-order valence-corrected chi connectivity index (χ2v) is 8.80. The second-order valence-electron chi connectivity index (χ2n) is 8.80. The Balaban J connectivity index is 1.60. The van der Waals surface area contributed by atoms with Gasteiger partial charge in [0.2, 0.25) is 6.79 Å². The monoisotopic (exact) mass is 514 g/mol. The van der Waals surface area contributed by atoms with Crippen LogP contribution in [0.1, 0.15) is 37.4 Å². The minimum Gasteiger partial charge on any atom is -0.497 e. The van der Waals surface area contributed by atoms with Crippen molar-refractivity contribution < 1.29 is 43.5 Å². The van der Waals surface area contributed by atoms with E-state index in [9.17, 15) is 19.8 Å². The van der Waals surface area contributed by atoms with Gasteiger partial charge in [0.25, 0.3) is 0 Å². The molecule has 0 bridgehead atoms. The highest BCUT2D eigenvalue weighted by molar-refractivity contribution is 6.14. The van der Waals surface area contributed by atoms with E-state index >= 15 is 0 Å². The average Bonchev–Trinajstić information content (AvgIpc) is 3.58. The van der Waals surface area contributed by atoms with Crippen LogP contribution in [-0.2, 0) is 24.6 Å². The molecule has 4 aromatic rings. The van der Waals surface area contributed by atoms with Crippen molar-refractivity contribution in [1.82, 2.24) is 0 Å². The van der Waals surface area contributed by atoms with Crippen LogP contribution in [0.15, 0.2) is 54.6 Å². The molecule has 0 saturated heterocycles. The van der Waals surface area contributed by atoms with Crippen molar-refractivity contribution >= 4 is 22.7 Å². The number of carbonyl (C=O) groups is 2. The molecule has 9 nitrogen and oxygen atoms in total. The Morgan fingerprint density at radius 1 is 0.868 bits per heavy atom. The Kier molecular flexibility index (Phi) is 5.86. The lowest BCUT2D eigenvalue weighted by Crippen LogP contribution is -2.11. The van der Waals surface area contributed by atoms with Gasteiger partial charge in [0.1, 0.15) is 18.1 Å². The van der Waals surface area contributed by atoms with Crippen LogP contribution < -0.4 is 18.9 Å². The molecule has 192 valence electrons. The molecule has 0 atom stereocenters. The maximum atomic E-state index is 13.2. The van der Waals surface area contributed by atoms with Gasteiger partial charge in [-0.15, -0.1) is 0 Å². The summed E-state index contributed by atoms with van der Waals surface area (Å²) in [6.45, 7) is -0.684. The van der Waals surface area contributed by atoms with E-state index in [1.807, 2.05) is 0 Å². The van der Waals surface area contributed by atoms with Crippen molar-refractivity contribution in [3.63, 3.8) is 0 Å². The largest absolute Gasteiger partial charge is 0.497 e. The number of hydrogen-bond acceptors (Lipinski definition) is 9. The summed E-state index contributed by atoms with van der Waals surface area (Å²) in [6, 6.07) is 15.1. The van der Waals surface area contributed by atoms with Gasteiger partial charge in [-0.3, -0.25) is 0 Å². The van der Waals surface area contributed by atoms with E-state index < -0.39 is 11.9 Å². The van der Waals surface area contributed by atoms with Gasteiger partial charge >= 0.3 is 11.9 Å². The zero-order valence-electron chi connectivity index (χ0n) is 20.3. The summed E-state index contributed by atoms with van der Waals surface area (Å²) >= 11 is 0. The van der Waals surface area contributed by atoms with Gasteiger partial charge in [-0.05, 0) is 70.6 Å². The van der Waals surface area contributed by atoms with Gasteiger partial charge in [-0.25, -0.2) is 9.59 Å². The lowest BCUT2D eigenvalue weighted by molar-refractivity contribution is 0.0534. The van der Waals surface area contributed by atoms with Crippen LogP contribution in [0.25, 0.3) is 21.9 Å². The van der Waals surface area contributed by atoms with Crippen molar-refractivity contribution in [1.29, 1.82) is 0 Å². The van der Waals surface area contributed by atoms with Crippen LogP contribution in [0.2, 0.25) is 0 Å². The number of rotatable bonds is 6. The van der Waals surface area contributed by atoms with Crippen LogP contribution in [0.5, 0.6) is 23.0 Å². The smallest absolute Gasteiger partial charge is 0.343 e. The summed E-state index contributed by atoms with van der Waals surface area (Å²) in [4.78, 5) is 26.3. The summed E-state index contributed by atoms with van der Waals surface area (Å²) < 4.78 is 27.5. The number of fused-ring (bicyclic) bond motifs is 3. The molecule has 0 aliphatic carbocycles. The lowest BCUT2D eigenvalue weighted by atomic mass is 9.87. The molecular formula is C29H22O9. The molecule has 4 aromatic carbocycles. The van der Waals surface area contributed by atoms with E-state index in [0.29, 0.717) is 55.8 Å². The molecule has 0 spiro atoms.